The fourth-order valence-electron chi connectivity index (χ4n) is 3.80. The number of benzene rings is 1. The summed E-state index contributed by atoms with van der Waals surface area (Å²) >= 11 is 0. The summed E-state index contributed by atoms with van der Waals surface area (Å²) in [6.07, 6.45) is -2.82. The Morgan fingerprint density at radius 1 is 1.31 bits per heavy atom. The van der Waals surface area contributed by atoms with Gasteiger partial charge in [0.1, 0.15) is 18.4 Å². The van der Waals surface area contributed by atoms with Gasteiger partial charge in [0.15, 0.2) is 17.9 Å². The van der Waals surface area contributed by atoms with Crippen LogP contribution >= 0.6 is 7.75 Å². The van der Waals surface area contributed by atoms with Gasteiger partial charge in [-0.1, -0.05) is 24.8 Å². The van der Waals surface area contributed by atoms with Crippen LogP contribution in [-0.2, 0) is 28.2 Å². The van der Waals surface area contributed by atoms with Gasteiger partial charge in [-0.05, 0) is 45.4 Å². The standard InChI is InChI=1S/C24H31FN3O10P/c1-14(2)24(33)20(31)23(25,37-21(24)28-12-11-18(29)26-22(28)32)13-35-39(34,38-17-9-7-6-8-10-17)27-16(5)19(30)36-15(3)4/h6-12,15-16,20-21,31,33H,1,13H2,2-5H3,(H,27,34)(H,26,29,32)/p+1. The minimum absolute atomic E-state index is 0.0409. The summed E-state index contributed by atoms with van der Waals surface area (Å²) in [7, 11) is -4.59. The van der Waals surface area contributed by atoms with Crippen LogP contribution in [0, 0.1) is 0 Å². The average Bonchev–Trinajstić information content (AvgIpc) is 3.05. The number of nitrogens with zero attached hydrogens (tertiary/aromatic N) is 1. The number of alkyl halides is 1. The number of primary amides is 2. The Balaban J connectivity index is 1.89. The lowest BCUT2D eigenvalue weighted by Crippen LogP contribution is -2.95. The highest BCUT2D eigenvalue weighted by Crippen LogP contribution is 2.50. The first-order valence-electron chi connectivity index (χ1n) is 11.9. The first-order chi connectivity index (χ1) is 18.1. The number of quaternary nitrogens is 1. The van der Waals surface area contributed by atoms with Gasteiger partial charge in [-0.3, -0.25) is 9.32 Å². The van der Waals surface area contributed by atoms with E-state index in [1.807, 2.05) is 0 Å². The van der Waals surface area contributed by atoms with Crippen molar-refractivity contribution < 1.29 is 57.4 Å². The number of halogens is 1. The molecule has 2 aliphatic rings. The van der Waals surface area contributed by atoms with Crippen LogP contribution in [0.25, 0.3) is 0 Å². The van der Waals surface area contributed by atoms with Gasteiger partial charge >= 0.3 is 25.7 Å². The van der Waals surface area contributed by atoms with E-state index >= 15 is 4.39 Å². The van der Waals surface area contributed by atoms with E-state index in [1.165, 1.54) is 26.0 Å². The molecule has 6 unspecified atom stereocenters. The number of urea groups is 1. The highest BCUT2D eigenvalue weighted by molar-refractivity contribution is 7.52. The SMILES string of the molecule is C=C(C)C1(O)C(N2C=CC(=O)[NH2+]C2=O)OC(F)(COP(=O)(NC(C)C(=O)OC(C)C)Oc2ccccc2)C1O. The number of imide groups is 1. The summed E-state index contributed by atoms with van der Waals surface area (Å²) in [6.45, 7) is 8.10. The fourth-order valence-corrected chi connectivity index (χ4v) is 5.31. The molecule has 2 aliphatic heterocycles. The summed E-state index contributed by atoms with van der Waals surface area (Å²) in [6, 6.07) is 5.48. The van der Waals surface area contributed by atoms with Crippen molar-refractivity contribution >= 4 is 25.7 Å². The number of nitrogens with one attached hydrogen (secondary N) is 1. The van der Waals surface area contributed by atoms with Gasteiger partial charge in [0.05, 0.1) is 12.2 Å². The molecule has 1 aromatic rings. The molecule has 0 aliphatic carbocycles. The van der Waals surface area contributed by atoms with Crippen molar-refractivity contribution in [3.63, 3.8) is 0 Å². The maximum absolute atomic E-state index is 16.2. The molecule has 39 heavy (non-hydrogen) atoms. The van der Waals surface area contributed by atoms with Crippen LogP contribution in [0.15, 0.2) is 54.8 Å². The number of hydrogen-bond acceptors (Lipinski definition) is 10. The Bertz CT molecular complexity index is 1200. The number of carbonyl (C=O) groups is 3. The Morgan fingerprint density at radius 3 is 2.51 bits per heavy atom. The molecule has 2 heterocycles. The zero-order chi connectivity index (χ0) is 29.2. The van der Waals surface area contributed by atoms with Gasteiger partial charge in [0, 0.05) is 6.20 Å². The number of ether oxygens (including phenoxy) is 2. The smallest absolute Gasteiger partial charge is 0.459 e. The second kappa shape index (κ2) is 11.6. The molecule has 1 aromatic carbocycles. The van der Waals surface area contributed by atoms with Crippen LogP contribution in [0.1, 0.15) is 27.7 Å². The lowest BCUT2D eigenvalue weighted by molar-refractivity contribution is -0.477. The van der Waals surface area contributed by atoms with Gasteiger partial charge < -0.3 is 24.2 Å². The van der Waals surface area contributed by atoms with Crippen molar-refractivity contribution in [1.82, 2.24) is 9.99 Å². The highest BCUT2D eigenvalue weighted by Gasteiger charge is 2.68. The summed E-state index contributed by atoms with van der Waals surface area (Å²) < 4.78 is 51.0. The van der Waals surface area contributed by atoms with E-state index < -0.39 is 68.2 Å². The van der Waals surface area contributed by atoms with E-state index in [9.17, 15) is 29.2 Å². The molecule has 13 nitrogen and oxygen atoms in total. The van der Waals surface area contributed by atoms with Crippen molar-refractivity contribution in [3.8, 4) is 5.75 Å². The summed E-state index contributed by atoms with van der Waals surface area (Å²) in [5, 5.41) is 25.2. The predicted molar refractivity (Wildman–Crippen MR) is 132 cm³/mol. The molecule has 0 bridgehead atoms. The number of hydrogen-bond donors (Lipinski definition) is 4. The zero-order valence-electron chi connectivity index (χ0n) is 21.8. The number of aliphatic hydroxyl groups excluding tert-OH is 1. The highest BCUT2D eigenvalue weighted by atomic mass is 31.2. The van der Waals surface area contributed by atoms with Crippen LogP contribution in [0.3, 0.4) is 0 Å². The number of nitrogens with two attached hydrogens (primary N) is 1. The van der Waals surface area contributed by atoms with Crippen LogP contribution in [0.5, 0.6) is 5.75 Å². The third kappa shape index (κ3) is 6.61. The zero-order valence-corrected chi connectivity index (χ0v) is 22.7. The summed E-state index contributed by atoms with van der Waals surface area (Å²) in [4.78, 5) is 37.0. The molecular formula is C24H32FN3O10P+. The van der Waals surface area contributed by atoms with Gasteiger partial charge in [0.25, 0.3) is 5.85 Å². The van der Waals surface area contributed by atoms with E-state index in [-0.39, 0.29) is 11.3 Å². The molecule has 0 aromatic heterocycles. The van der Waals surface area contributed by atoms with E-state index in [0.717, 1.165) is 12.3 Å². The first-order valence-corrected chi connectivity index (χ1v) is 13.5. The lowest BCUT2D eigenvalue weighted by atomic mass is 9.86. The molecule has 3 amide bonds. The normalized spacial score (nSPS) is 29.3. The van der Waals surface area contributed by atoms with Gasteiger partial charge in [-0.25, -0.2) is 23.4 Å². The molecular weight excluding hydrogens is 540 g/mol. The second-order valence-corrected chi connectivity index (χ2v) is 11.1. The maximum atomic E-state index is 16.2. The second-order valence-electron chi connectivity index (χ2n) is 9.38. The number of rotatable bonds is 11. The monoisotopic (exact) mass is 572 g/mol. The van der Waals surface area contributed by atoms with E-state index in [0.29, 0.717) is 10.2 Å². The molecule has 1 saturated heterocycles. The Morgan fingerprint density at radius 2 is 1.95 bits per heavy atom. The molecule has 15 heteroatoms. The maximum Gasteiger partial charge on any atom is 0.459 e. The Hall–Kier alpha value is -2.97. The molecule has 3 rings (SSSR count). The number of amides is 3. The van der Waals surface area contributed by atoms with Crippen LogP contribution in [0.4, 0.5) is 9.18 Å². The first kappa shape index (κ1) is 30.6. The van der Waals surface area contributed by atoms with Crippen LogP contribution < -0.4 is 14.9 Å². The molecule has 0 saturated carbocycles. The molecule has 0 spiro atoms. The molecule has 214 valence electrons. The third-order valence-electron chi connectivity index (χ3n) is 5.82. The minimum atomic E-state index is -4.59. The fraction of sp³-hybridized carbons (Fsp3) is 0.458. The molecule has 0 radical (unpaired) electrons. The largest absolute Gasteiger partial charge is 0.462 e. The van der Waals surface area contributed by atoms with Gasteiger partial charge in [-0.15, -0.1) is 0 Å². The quantitative estimate of drug-likeness (QED) is 0.168. The van der Waals surface area contributed by atoms with E-state index in [2.05, 4.69) is 11.7 Å². The predicted octanol–water partition coefficient (Wildman–Crippen LogP) is 0.849. The van der Waals surface area contributed by atoms with E-state index in [1.54, 1.807) is 32.0 Å². The van der Waals surface area contributed by atoms with Crippen molar-refractivity contribution in [2.75, 3.05) is 6.61 Å². The van der Waals surface area contributed by atoms with Gasteiger partial charge in [0.2, 0.25) is 0 Å². The van der Waals surface area contributed by atoms with Crippen molar-refractivity contribution in [1.29, 1.82) is 0 Å². The number of aliphatic hydroxyl groups is 2. The number of para-hydroxylation sites is 1. The topological polar surface area (TPSA) is 178 Å². The summed E-state index contributed by atoms with van der Waals surface area (Å²) in [5.74, 6) is -4.67. The lowest BCUT2D eigenvalue weighted by Gasteiger charge is -2.35. The molecule has 5 N–H and O–H groups in total. The van der Waals surface area contributed by atoms with Crippen molar-refractivity contribution in [2.45, 2.75) is 63.6 Å². The Kier molecular flexibility index (Phi) is 9.13. The average molecular weight is 573 g/mol. The van der Waals surface area contributed by atoms with Crippen molar-refractivity contribution in [2.24, 2.45) is 0 Å². The summed E-state index contributed by atoms with van der Waals surface area (Å²) in [5.41, 5.74) is -2.75. The number of esters is 1. The van der Waals surface area contributed by atoms with Crippen LogP contribution in [0.2, 0.25) is 0 Å². The van der Waals surface area contributed by atoms with Gasteiger partial charge in [-0.2, -0.15) is 10.4 Å². The van der Waals surface area contributed by atoms with E-state index in [4.69, 9.17) is 18.5 Å². The Labute approximate surface area is 224 Å². The third-order valence-corrected chi connectivity index (χ3v) is 7.45. The van der Waals surface area contributed by atoms with Crippen molar-refractivity contribution in [3.05, 3.63) is 54.8 Å². The minimum Gasteiger partial charge on any atom is -0.462 e. The number of carbonyl (C=O) groups excluding carboxylic acids is 3. The molecule has 6 atom stereocenters. The van der Waals surface area contributed by atoms with Crippen LogP contribution in [-0.4, -0.2) is 75.6 Å². The molecule has 1 fully saturated rings.